The van der Waals surface area contributed by atoms with Crippen molar-refractivity contribution in [2.75, 3.05) is 4.90 Å². The van der Waals surface area contributed by atoms with E-state index in [1.165, 1.54) is 4.90 Å². The lowest BCUT2D eigenvalue weighted by atomic mass is 10.0. The third-order valence-electron chi connectivity index (χ3n) is 5.87. The van der Waals surface area contributed by atoms with Crippen LogP contribution < -0.4 is 10.2 Å². The van der Waals surface area contributed by atoms with E-state index >= 15 is 0 Å². The van der Waals surface area contributed by atoms with Gasteiger partial charge in [-0.1, -0.05) is 84.8 Å². The Bertz CT molecular complexity index is 1360. The normalized spacial score (nSPS) is 11.9. The van der Waals surface area contributed by atoms with Crippen LogP contribution in [0.3, 0.4) is 0 Å². The SMILES string of the molecule is CC#CC(=O)N(c1ccc(-c2ccccc2)cc1)C(C(=O)NC(C)c1ccccc1)c1cccnc1. The van der Waals surface area contributed by atoms with Gasteiger partial charge in [-0.2, -0.15) is 0 Å². The third-order valence-corrected chi connectivity index (χ3v) is 5.87. The van der Waals surface area contributed by atoms with Crippen LogP contribution in [0.4, 0.5) is 5.69 Å². The molecule has 4 rings (SSSR count). The molecule has 0 saturated carbocycles. The van der Waals surface area contributed by atoms with Crippen molar-refractivity contribution in [3.63, 3.8) is 0 Å². The monoisotopic (exact) mass is 473 g/mol. The van der Waals surface area contributed by atoms with E-state index in [4.69, 9.17) is 0 Å². The van der Waals surface area contributed by atoms with Gasteiger partial charge in [0.2, 0.25) is 5.91 Å². The minimum Gasteiger partial charge on any atom is -0.347 e. The number of nitrogens with one attached hydrogen (secondary N) is 1. The minimum atomic E-state index is -0.958. The number of carbonyl (C=O) groups is 2. The first-order valence-corrected chi connectivity index (χ1v) is 11.7. The molecule has 0 aliphatic heterocycles. The smallest absolute Gasteiger partial charge is 0.303 e. The van der Waals surface area contributed by atoms with Crippen molar-refractivity contribution in [2.45, 2.75) is 25.9 Å². The number of hydrogen-bond acceptors (Lipinski definition) is 3. The number of anilines is 1. The van der Waals surface area contributed by atoms with Gasteiger partial charge in [0.05, 0.1) is 6.04 Å². The number of rotatable bonds is 7. The van der Waals surface area contributed by atoms with Crippen LogP contribution in [0, 0.1) is 11.8 Å². The average molecular weight is 474 g/mol. The summed E-state index contributed by atoms with van der Waals surface area (Å²) in [7, 11) is 0. The predicted molar refractivity (Wildman–Crippen MR) is 143 cm³/mol. The van der Waals surface area contributed by atoms with Crippen molar-refractivity contribution < 1.29 is 9.59 Å². The standard InChI is InChI=1S/C31H27N3O2/c1-3-11-29(35)34(28-19-17-26(18-20-28)25-14-8-5-9-15-25)30(27-16-10-21-32-22-27)31(36)33-23(2)24-12-6-4-7-13-24/h4-10,12-23,30H,1-2H3,(H,33,36). The number of nitrogens with zero attached hydrogens (tertiary/aromatic N) is 2. The average Bonchev–Trinajstić information content (AvgIpc) is 2.93. The van der Waals surface area contributed by atoms with Crippen molar-refractivity contribution in [3.8, 4) is 23.0 Å². The van der Waals surface area contributed by atoms with Gasteiger partial charge < -0.3 is 5.32 Å². The molecule has 0 fully saturated rings. The molecule has 0 radical (unpaired) electrons. The van der Waals surface area contributed by atoms with E-state index in [0.717, 1.165) is 16.7 Å². The number of amides is 2. The predicted octanol–water partition coefficient (Wildman–Crippen LogP) is 5.72. The topological polar surface area (TPSA) is 62.3 Å². The molecular formula is C31H27N3O2. The van der Waals surface area contributed by atoms with Gasteiger partial charge in [0, 0.05) is 23.6 Å². The molecule has 1 aromatic heterocycles. The largest absolute Gasteiger partial charge is 0.347 e. The van der Waals surface area contributed by atoms with Crippen molar-refractivity contribution in [3.05, 3.63) is 121 Å². The van der Waals surface area contributed by atoms with Crippen LogP contribution in [0.2, 0.25) is 0 Å². The molecule has 0 aliphatic rings. The number of pyridine rings is 1. The van der Waals surface area contributed by atoms with Crippen molar-refractivity contribution in [1.29, 1.82) is 0 Å². The highest BCUT2D eigenvalue weighted by atomic mass is 16.2. The Morgan fingerprint density at radius 3 is 2.03 bits per heavy atom. The molecule has 1 heterocycles. The molecule has 0 bridgehead atoms. The van der Waals surface area contributed by atoms with E-state index < -0.39 is 11.9 Å². The Kier molecular flexibility index (Phi) is 7.90. The number of benzene rings is 3. The van der Waals surface area contributed by atoms with Crippen molar-refractivity contribution >= 4 is 17.5 Å². The van der Waals surface area contributed by atoms with Gasteiger partial charge in [0.25, 0.3) is 0 Å². The Labute approximate surface area is 211 Å². The summed E-state index contributed by atoms with van der Waals surface area (Å²) in [6.07, 6.45) is 3.24. The van der Waals surface area contributed by atoms with Crippen LogP contribution in [-0.2, 0) is 9.59 Å². The quantitative estimate of drug-likeness (QED) is 0.349. The first kappa shape index (κ1) is 24.4. The molecular weight excluding hydrogens is 446 g/mol. The second-order valence-electron chi connectivity index (χ2n) is 8.29. The second kappa shape index (κ2) is 11.6. The fourth-order valence-corrected chi connectivity index (χ4v) is 4.07. The molecule has 36 heavy (non-hydrogen) atoms. The lowest BCUT2D eigenvalue weighted by molar-refractivity contribution is -0.125. The fourth-order valence-electron chi connectivity index (χ4n) is 4.07. The van der Waals surface area contributed by atoms with Gasteiger partial charge in [-0.15, -0.1) is 0 Å². The highest BCUT2D eigenvalue weighted by Gasteiger charge is 2.33. The molecule has 2 amide bonds. The summed E-state index contributed by atoms with van der Waals surface area (Å²) in [6, 6.07) is 29.6. The lowest BCUT2D eigenvalue weighted by Gasteiger charge is -2.31. The molecule has 1 N–H and O–H groups in total. The molecule has 3 aromatic carbocycles. The Hall–Kier alpha value is -4.69. The molecule has 4 aromatic rings. The number of aromatic nitrogens is 1. The first-order valence-electron chi connectivity index (χ1n) is 11.7. The minimum absolute atomic E-state index is 0.257. The first-order chi connectivity index (χ1) is 17.6. The third kappa shape index (κ3) is 5.68. The van der Waals surface area contributed by atoms with Crippen LogP contribution in [0.1, 0.15) is 37.1 Å². The molecule has 0 spiro atoms. The summed E-state index contributed by atoms with van der Waals surface area (Å²) >= 11 is 0. The summed E-state index contributed by atoms with van der Waals surface area (Å²) in [5.74, 6) is 4.50. The summed E-state index contributed by atoms with van der Waals surface area (Å²) in [5.41, 5.74) is 4.20. The highest BCUT2D eigenvalue weighted by Crippen LogP contribution is 2.30. The van der Waals surface area contributed by atoms with Crippen LogP contribution in [-0.4, -0.2) is 16.8 Å². The van der Waals surface area contributed by atoms with E-state index in [0.29, 0.717) is 11.3 Å². The maximum absolute atomic E-state index is 13.8. The summed E-state index contributed by atoms with van der Waals surface area (Å²) in [4.78, 5) is 32.7. The summed E-state index contributed by atoms with van der Waals surface area (Å²) in [6.45, 7) is 3.52. The van der Waals surface area contributed by atoms with Gasteiger partial charge in [-0.05, 0) is 54.7 Å². The van der Waals surface area contributed by atoms with E-state index in [1.807, 2.05) is 91.9 Å². The number of carbonyl (C=O) groups excluding carboxylic acids is 2. The highest BCUT2D eigenvalue weighted by molar-refractivity contribution is 6.10. The Morgan fingerprint density at radius 1 is 0.806 bits per heavy atom. The lowest BCUT2D eigenvalue weighted by Crippen LogP contribution is -2.44. The van der Waals surface area contributed by atoms with Crippen molar-refractivity contribution in [2.24, 2.45) is 0 Å². The summed E-state index contributed by atoms with van der Waals surface area (Å²) in [5, 5.41) is 3.07. The second-order valence-corrected chi connectivity index (χ2v) is 8.29. The van der Waals surface area contributed by atoms with Crippen LogP contribution in [0.5, 0.6) is 0 Å². The summed E-state index contributed by atoms with van der Waals surface area (Å²) < 4.78 is 0. The van der Waals surface area contributed by atoms with Gasteiger partial charge in [-0.3, -0.25) is 19.5 Å². The molecule has 5 nitrogen and oxygen atoms in total. The van der Waals surface area contributed by atoms with Crippen LogP contribution in [0.15, 0.2) is 109 Å². The zero-order valence-electron chi connectivity index (χ0n) is 20.3. The zero-order chi connectivity index (χ0) is 25.3. The molecule has 0 aliphatic carbocycles. The number of hydrogen-bond donors (Lipinski definition) is 1. The van der Waals surface area contributed by atoms with Gasteiger partial charge in [-0.25, -0.2) is 0 Å². The van der Waals surface area contributed by atoms with E-state index in [2.05, 4.69) is 22.1 Å². The molecule has 2 unspecified atom stereocenters. The maximum atomic E-state index is 13.8. The van der Waals surface area contributed by atoms with E-state index in [9.17, 15) is 9.59 Å². The molecule has 0 saturated heterocycles. The van der Waals surface area contributed by atoms with E-state index in [1.54, 1.807) is 31.5 Å². The van der Waals surface area contributed by atoms with Gasteiger partial charge in [0.15, 0.2) is 0 Å². The molecule has 2 atom stereocenters. The Balaban J connectivity index is 1.74. The van der Waals surface area contributed by atoms with Crippen LogP contribution >= 0.6 is 0 Å². The van der Waals surface area contributed by atoms with Crippen LogP contribution in [0.25, 0.3) is 11.1 Å². The fraction of sp³-hybridized carbons (Fsp3) is 0.129. The molecule has 5 heteroatoms. The maximum Gasteiger partial charge on any atom is 0.303 e. The van der Waals surface area contributed by atoms with Gasteiger partial charge >= 0.3 is 5.91 Å². The van der Waals surface area contributed by atoms with Gasteiger partial charge in [0.1, 0.15) is 6.04 Å². The Morgan fingerprint density at radius 2 is 1.42 bits per heavy atom. The van der Waals surface area contributed by atoms with E-state index in [-0.39, 0.29) is 11.9 Å². The molecule has 178 valence electrons. The zero-order valence-corrected chi connectivity index (χ0v) is 20.3. The van der Waals surface area contributed by atoms with Crippen molar-refractivity contribution in [1.82, 2.24) is 10.3 Å².